The van der Waals surface area contributed by atoms with Crippen molar-refractivity contribution >= 4 is 17.5 Å². The average Bonchev–Trinajstić information content (AvgIpc) is 3.48. The van der Waals surface area contributed by atoms with Gasteiger partial charge in [0.2, 0.25) is 11.8 Å². The van der Waals surface area contributed by atoms with Gasteiger partial charge in [-0.25, -0.2) is 13.4 Å². The summed E-state index contributed by atoms with van der Waals surface area (Å²) in [4.78, 5) is 40.5. The number of alkyl halides is 2. The van der Waals surface area contributed by atoms with E-state index in [1.54, 1.807) is 19.1 Å². The van der Waals surface area contributed by atoms with Crippen LogP contribution in [0.5, 0.6) is 0 Å². The number of amides is 2. The molecule has 186 valence electrons. The highest BCUT2D eigenvalue weighted by atomic mass is 19.3. The summed E-state index contributed by atoms with van der Waals surface area (Å²) in [6, 6.07) is 2.27. The monoisotopic (exact) mass is 489 g/mol. The van der Waals surface area contributed by atoms with Gasteiger partial charge in [0, 0.05) is 30.8 Å². The first-order valence-electron chi connectivity index (χ1n) is 11.3. The van der Waals surface area contributed by atoms with Gasteiger partial charge in [0.1, 0.15) is 11.7 Å². The standard InChI is InChI=1S/C22H25F2N7O4/c1-2-16-18(30-35-29-16)21(34)28-17(13-5-7-22(23,24)8-6-13)20(33)27-15-10-26-31(12-15)11-14-4-3-9-25-19(14)32/h3-4,9-10,12-13,17H,2,5-8,11H2,1H3,(H,25,32)(H,27,33)(H,28,34). The number of pyridine rings is 1. The van der Waals surface area contributed by atoms with E-state index in [9.17, 15) is 23.2 Å². The van der Waals surface area contributed by atoms with Gasteiger partial charge in [-0.1, -0.05) is 18.1 Å². The van der Waals surface area contributed by atoms with Crippen molar-refractivity contribution in [1.82, 2.24) is 30.4 Å². The fraction of sp³-hybridized carbons (Fsp3) is 0.455. The largest absolute Gasteiger partial charge is 0.338 e. The van der Waals surface area contributed by atoms with E-state index in [1.807, 2.05) is 0 Å². The fourth-order valence-corrected chi connectivity index (χ4v) is 4.10. The van der Waals surface area contributed by atoms with E-state index in [0.717, 1.165) is 0 Å². The minimum absolute atomic E-state index is 0.0488. The smallest absolute Gasteiger partial charge is 0.276 e. The second-order valence-electron chi connectivity index (χ2n) is 8.50. The fourth-order valence-electron chi connectivity index (χ4n) is 4.10. The molecule has 2 amide bonds. The van der Waals surface area contributed by atoms with Gasteiger partial charge in [-0.3, -0.25) is 19.1 Å². The number of nitrogens with one attached hydrogen (secondary N) is 3. The lowest BCUT2D eigenvalue weighted by Gasteiger charge is -2.33. The maximum Gasteiger partial charge on any atom is 0.276 e. The predicted molar refractivity (Wildman–Crippen MR) is 119 cm³/mol. The van der Waals surface area contributed by atoms with Crippen molar-refractivity contribution in [3.05, 3.63) is 58.0 Å². The zero-order valence-corrected chi connectivity index (χ0v) is 19.0. The molecule has 1 fully saturated rings. The van der Waals surface area contributed by atoms with Gasteiger partial charge in [-0.2, -0.15) is 5.10 Å². The SMILES string of the molecule is CCc1nonc1C(=O)NC(C(=O)Nc1cnn(Cc2ccc[nH]c2=O)c1)C1CCC(F)(F)CC1. The number of hydrogen-bond acceptors (Lipinski definition) is 7. The lowest BCUT2D eigenvalue weighted by atomic mass is 9.81. The number of carbonyl (C=O) groups is 2. The normalized spacial score (nSPS) is 16.5. The van der Waals surface area contributed by atoms with Crippen LogP contribution in [0.3, 0.4) is 0 Å². The second kappa shape index (κ2) is 10.2. The summed E-state index contributed by atoms with van der Waals surface area (Å²) in [7, 11) is 0. The number of rotatable bonds is 8. The molecule has 0 radical (unpaired) electrons. The molecule has 0 bridgehead atoms. The number of carbonyl (C=O) groups excluding carboxylic acids is 2. The molecule has 1 atom stereocenters. The van der Waals surface area contributed by atoms with Crippen molar-refractivity contribution < 1.29 is 23.0 Å². The summed E-state index contributed by atoms with van der Waals surface area (Å²) >= 11 is 0. The van der Waals surface area contributed by atoms with Gasteiger partial charge in [-0.05, 0) is 36.4 Å². The summed E-state index contributed by atoms with van der Waals surface area (Å²) in [6.45, 7) is 1.95. The van der Waals surface area contributed by atoms with Gasteiger partial charge in [0.25, 0.3) is 11.5 Å². The first-order valence-corrected chi connectivity index (χ1v) is 11.3. The number of H-pyrrole nitrogens is 1. The molecule has 1 saturated carbocycles. The Morgan fingerprint density at radius 3 is 2.80 bits per heavy atom. The van der Waals surface area contributed by atoms with Crippen LogP contribution in [-0.2, 0) is 17.8 Å². The van der Waals surface area contributed by atoms with Gasteiger partial charge in [0.15, 0.2) is 5.69 Å². The maximum absolute atomic E-state index is 13.7. The number of nitrogens with zero attached hydrogens (tertiary/aromatic N) is 4. The van der Waals surface area contributed by atoms with E-state index in [0.29, 0.717) is 23.4 Å². The average molecular weight is 489 g/mol. The van der Waals surface area contributed by atoms with E-state index >= 15 is 0 Å². The van der Waals surface area contributed by atoms with Crippen molar-refractivity contribution in [3.63, 3.8) is 0 Å². The second-order valence-corrected chi connectivity index (χ2v) is 8.50. The molecule has 3 heterocycles. The van der Waals surface area contributed by atoms with Crippen LogP contribution in [0.25, 0.3) is 0 Å². The van der Waals surface area contributed by atoms with E-state index in [1.165, 1.54) is 23.3 Å². The summed E-state index contributed by atoms with van der Waals surface area (Å²) in [5.74, 6) is -4.52. The molecule has 4 rings (SSSR count). The zero-order chi connectivity index (χ0) is 25.0. The first-order chi connectivity index (χ1) is 16.8. The first kappa shape index (κ1) is 24.2. The highest BCUT2D eigenvalue weighted by Crippen LogP contribution is 2.37. The Kier molecular flexibility index (Phi) is 7.03. The molecule has 0 spiro atoms. The Bertz CT molecular complexity index is 1240. The van der Waals surface area contributed by atoms with Crippen LogP contribution in [0.1, 0.15) is 54.4 Å². The molecule has 0 aromatic carbocycles. The number of anilines is 1. The Morgan fingerprint density at radius 1 is 1.31 bits per heavy atom. The van der Waals surface area contributed by atoms with Crippen LogP contribution in [0.2, 0.25) is 0 Å². The third-order valence-corrected chi connectivity index (χ3v) is 6.04. The molecule has 13 heteroatoms. The number of hydrogen-bond donors (Lipinski definition) is 3. The topological polar surface area (TPSA) is 148 Å². The predicted octanol–water partition coefficient (Wildman–Crippen LogP) is 2.13. The summed E-state index contributed by atoms with van der Waals surface area (Å²) < 4.78 is 33.6. The summed E-state index contributed by atoms with van der Waals surface area (Å²) in [6.07, 6.45) is 4.25. The van der Waals surface area contributed by atoms with Crippen LogP contribution < -0.4 is 16.2 Å². The van der Waals surface area contributed by atoms with Crippen molar-refractivity contribution in [2.24, 2.45) is 5.92 Å². The molecular weight excluding hydrogens is 464 g/mol. The molecule has 0 saturated heterocycles. The molecule has 3 aromatic heterocycles. The van der Waals surface area contributed by atoms with Crippen LogP contribution in [-0.4, -0.2) is 48.9 Å². The van der Waals surface area contributed by atoms with E-state index in [2.05, 4.69) is 35.7 Å². The van der Waals surface area contributed by atoms with Crippen molar-refractivity contribution in [3.8, 4) is 0 Å². The van der Waals surface area contributed by atoms with Crippen molar-refractivity contribution in [2.75, 3.05) is 5.32 Å². The Balaban J connectivity index is 1.49. The quantitative estimate of drug-likeness (QED) is 0.439. The Labute approximate surface area is 198 Å². The molecule has 3 N–H and O–H groups in total. The summed E-state index contributed by atoms with van der Waals surface area (Å²) in [5, 5.41) is 16.8. The third-order valence-electron chi connectivity index (χ3n) is 6.04. The van der Waals surface area contributed by atoms with Gasteiger partial charge in [-0.15, -0.1) is 0 Å². The lowest BCUT2D eigenvalue weighted by molar-refractivity contribution is -0.121. The molecule has 3 aromatic rings. The molecule has 1 unspecified atom stereocenters. The van der Waals surface area contributed by atoms with E-state index < -0.39 is 29.7 Å². The molecule has 11 nitrogen and oxygen atoms in total. The van der Waals surface area contributed by atoms with Crippen molar-refractivity contribution in [2.45, 2.75) is 57.5 Å². The molecule has 0 aliphatic heterocycles. The van der Waals surface area contributed by atoms with E-state index in [-0.39, 0.29) is 43.5 Å². The lowest BCUT2D eigenvalue weighted by Crippen LogP contribution is -2.50. The highest BCUT2D eigenvalue weighted by molar-refractivity contribution is 6.00. The number of aryl methyl sites for hydroxylation is 1. The highest BCUT2D eigenvalue weighted by Gasteiger charge is 2.40. The summed E-state index contributed by atoms with van der Waals surface area (Å²) in [5.41, 5.74) is 0.843. The number of aromatic amines is 1. The molecule has 1 aliphatic carbocycles. The van der Waals surface area contributed by atoms with Gasteiger partial charge < -0.3 is 15.6 Å². The number of aromatic nitrogens is 5. The van der Waals surface area contributed by atoms with Gasteiger partial charge in [0.05, 0.1) is 18.4 Å². The van der Waals surface area contributed by atoms with Crippen molar-refractivity contribution in [1.29, 1.82) is 0 Å². The van der Waals surface area contributed by atoms with Gasteiger partial charge >= 0.3 is 0 Å². The van der Waals surface area contributed by atoms with Crippen LogP contribution in [0.4, 0.5) is 14.5 Å². The molecule has 1 aliphatic rings. The number of halogens is 2. The maximum atomic E-state index is 13.7. The Hall–Kier alpha value is -3.90. The van der Waals surface area contributed by atoms with Crippen LogP contribution in [0, 0.1) is 5.92 Å². The molecule has 35 heavy (non-hydrogen) atoms. The van der Waals surface area contributed by atoms with E-state index in [4.69, 9.17) is 0 Å². The zero-order valence-electron chi connectivity index (χ0n) is 19.0. The van der Waals surface area contributed by atoms with Crippen LogP contribution >= 0.6 is 0 Å². The Morgan fingerprint density at radius 2 is 2.09 bits per heavy atom. The molecular formula is C22H25F2N7O4. The van der Waals surface area contributed by atoms with Crippen LogP contribution in [0.15, 0.2) is 40.1 Å². The third kappa shape index (κ3) is 5.78. The minimum Gasteiger partial charge on any atom is -0.338 e. The minimum atomic E-state index is -2.79.